The third-order valence-electron chi connectivity index (χ3n) is 2.28. The van der Waals surface area contributed by atoms with Crippen LogP contribution in [0, 0.1) is 25.7 Å². The zero-order valence-corrected chi connectivity index (χ0v) is 9.52. The summed E-state index contributed by atoms with van der Waals surface area (Å²) >= 11 is 0. The molecule has 1 rings (SSSR count). The monoisotopic (exact) mass is 222 g/mol. The lowest BCUT2D eigenvalue weighted by Gasteiger charge is -2.18. The largest absolute Gasteiger partial charge is 0.480 e. The van der Waals surface area contributed by atoms with Crippen LogP contribution in [0.2, 0.25) is 0 Å². The van der Waals surface area contributed by atoms with Crippen LogP contribution in [-0.2, 0) is 4.79 Å². The third-order valence-corrected chi connectivity index (χ3v) is 2.28. The number of carbonyl (C=O) groups is 1. The van der Waals surface area contributed by atoms with Gasteiger partial charge in [0.1, 0.15) is 6.54 Å². The molecule has 0 unspecified atom stereocenters. The molecule has 0 saturated carbocycles. The van der Waals surface area contributed by atoms with Crippen molar-refractivity contribution >= 4 is 11.7 Å². The Morgan fingerprint density at radius 2 is 1.81 bits per heavy atom. The van der Waals surface area contributed by atoms with Gasteiger partial charge in [-0.3, -0.25) is 4.79 Å². The molecule has 0 aliphatic carbocycles. The summed E-state index contributed by atoms with van der Waals surface area (Å²) in [7, 11) is 0. The number of carboxylic acid groups (broad SMARTS) is 1. The standard InChI is InChI=1S/C11H14N2O3/c1-7-4-8(2)11(9(3)5-7)13(12-16)6-10(14)15/h4-5H,6H2,1-3H3,(H,14,15). The van der Waals surface area contributed by atoms with Crippen LogP contribution in [0.25, 0.3) is 0 Å². The number of hydrogen-bond acceptors (Lipinski definition) is 3. The van der Waals surface area contributed by atoms with Crippen LogP contribution in [0.5, 0.6) is 0 Å². The molecule has 0 heterocycles. The van der Waals surface area contributed by atoms with E-state index >= 15 is 0 Å². The summed E-state index contributed by atoms with van der Waals surface area (Å²) in [5, 5.41) is 12.4. The van der Waals surface area contributed by atoms with Crippen LogP contribution in [-0.4, -0.2) is 17.6 Å². The molecule has 0 aromatic heterocycles. The minimum atomic E-state index is -1.08. The highest BCUT2D eigenvalue weighted by molar-refractivity contribution is 5.75. The van der Waals surface area contributed by atoms with Gasteiger partial charge < -0.3 is 5.11 Å². The van der Waals surface area contributed by atoms with Crippen molar-refractivity contribution in [1.82, 2.24) is 0 Å². The van der Waals surface area contributed by atoms with E-state index in [1.54, 1.807) is 0 Å². The predicted octanol–water partition coefficient (Wildman–Crippen LogP) is 2.18. The fourth-order valence-corrected chi connectivity index (χ4v) is 1.86. The summed E-state index contributed by atoms with van der Waals surface area (Å²) < 4.78 is 0. The summed E-state index contributed by atoms with van der Waals surface area (Å²) in [6, 6.07) is 3.78. The van der Waals surface area contributed by atoms with Crippen LogP contribution >= 0.6 is 0 Å². The second kappa shape index (κ2) is 4.74. The van der Waals surface area contributed by atoms with Gasteiger partial charge in [-0.1, -0.05) is 17.7 Å². The SMILES string of the molecule is Cc1cc(C)c(N(CC(=O)O)N=O)c(C)c1. The average molecular weight is 222 g/mol. The molecule has 5 heteroatoms. The summed E-state index contributed by atoms with van der Waals surface area (Å²) in [5.41, 5.74) is 3.33. The van der Waals surface area contributed by atoms with Crippen molar-refractivity contribution in [3.8, 4) is 0 Å². The molecule has 1 aromatic rings. The van der Waals surface area contributed by atoms with Gasteiger partial charge in [0.25, 0.3) is 0 Å². The molecule has 0 aliphatic rings. The number of aliphatic carboxylic acids is 1. The van der Waals surface area contributed by atoms with Crippen molar-refractivity contribution in [3.05, 3.63) is 33.7 Å². The predicted molar refractivity (Wildman–Crippen MR) is 61.4 cm³/mol. The Bertz CT molecular complexity index is 406. The second-order valence-electron chi connectivity index (χ2n) is 3.78. The first kappa shape index (κ1) is 12.2. The lowest BCUT2D eigenvalue weighted by molar-refractivity contribution is -0.135. The van der Waals surface area contributed by atoms with Gasteiger partial charge in [-0.25, -0.2) is 5.01 Å². The number of rotatable bonds is 4. The maximum absolute atomic E-state index is 10.6. The highest BCUT2D eigenvalue weighted by Crippen LogP contribution is 2.26. The molecule has 0 atom stereocenters. The van der Waals surface area contributed by atoms with Gasteiger partial charge in [-0.05, 0) is 31.9 Å². The smallest absolute Gasteiger partial charge is 0.325 e. The Morgan fingerprint density at radius 3 is 2.19 bits per heavy atom. The maximum atomic E-state index is 10.6. The fourth-order valence-electron chi connectivity index (χ4n) is 1.86. The van der Waals surface area contributed by atoms with E-state index in [0.29, 0.717) is 5.69 Å². The first-order chi connectivity index (χ1) is 7.45. The van der Waals surface area contributed by atoms with Crippen molar-refractivity contribution in [2.45, 2.75) is 20.8 Å². The number of hydrogen-bond donors (Lipinski definition) is 1. The lowest BCUT2D eigenvalue weighted by Crippen LogP contribution is -2.25. The second-order valence-corrected chi connectivity index (χ2v) is 3.78. The molecular formula is C11H14N2O3. The minimum Gasteiger partial charge on any atom is -0.480 e. The average Bonchev–Trinajstić information content (AvgIpc) is 2.13. The van der Waals surface area contributed by atoms with Gasteiger partial charge in [0.05, 0.1) is 11.0 Å². The molecule has 1 aromatic carbocycles. The third kappa shape index (κ3) is 2.56. The molecule has 0 radical (unpaired) electrons. The summed E-state index contributed by atoms with van der Waals surface area (Å²) in [5.74, 6) is -1.08. The molecule has 5 nitrogen and oxygen atoms in total. The molecule has 0 amide bonds. The van der Waals surface area contributed by atoms with Crippen LogP contribution in [0.3, 0.4) is 0 Å². The van der Waals surface area contributed by atoms with E-state index in [-0.39, 0.29) is 0 Å². The summed E-state index contributed by atoms with van der Waals surface area (Å²) in [4.78, 5) is 21.2. The molecular weight excluding hydrogens is 208 g/mol. The summed E-state index contributed by atoms with van der Waals surface area (Å²) in [6.07, 6.45) is 0. The fraction of sp³-hybridized carbons (Fsp3) is 0.364. The van der Waals surface area contributed by atoms with Gasteiger partial charge in [0.15, 0.2) is 0 Å². The van der Waals surface area contributed by atoms with E-state index in [1.807, 2.05) is 32.9 Å². The minimum absolute atomic E-state index is 0.422. The van der Waals surface area contributed by atoms with Crippen molar-refractivity contribution in [2.24, 2.45) is 5.29 Å². The van der Waals surface area contributed by atoms with Crippen molar-refractivity contribution in [2.75, 3.05) is 11.6 Å². The highest BCUT2D eigenvalue weighted by atomic mass is 16.4. The van der Waals surface area contributed by atoms with Crippen LogP contribution in [0.15, 0.2) is 17.4 Å². The number of aryl methyl sites for hydroxylation is 3. The highest BCUT2D eigenvalue weighted by Gasteiger charge is 2.16. The van der Waals surface area contributed by atoms with Crippen LogP contribution in [0.4, 0.5) is 5.69 Å². The van der Waals surface area contributed by atoms with Crippen LogP contribution < -0.4 is 5.01 Å². The molecule has 1 N–H and O–H groups in total. The summed E-state index contributed by atoms with van der Waals surface area (Å²) in [6.45, 7) is 5.18. The van der Waals surface area contributed by atoms with Crippen molar-refractivity contribution in [1.29, 1.82) is 0 Å². The zero-order valence-electron chi connectivity index (χ0n) is 9.52. The molecule has 16 heavy (non-hydrogen) atoms. The molecule has 86 valence electrons. The lowest BCUT2D eigenvalue weighted by atomic mass is 10.0. The van der Waals surface area contributed by atoms with E-state index in [4.69, 9.17) is 5.11 Å². The van der Waals surface area contributed by atoms with Gasteiger partial charge in [0.2, 0.25) is 0 Å². The Balaban J connectivity index is 3.19. The molecule has 0 fully saturated rings. The zero-order chi connectivity index (χ0) is 12.3. The van der Waals surface area contributed by atoms with Gasteiger partial charge >= 0.3 is 5.97 Å². The molecule has 0 aliphatic heterocycles. The first-order valence-electron chi connectivity index (χ1n) is 4.86. The van der Waals surface area contributed by atoms with Crippen molar-refractivity contribution < 1.29 is 9.90 Å². The Hall–Kier alpha value is -1.91. The van der Waals surface area contributed by atoms with Crippen molar-refractivity contribution in [3.63, 3.8) is 0 Å². The van der Waals surface area contributed by atoms with E-state index < -0.39 is 12.5 Å². The molecule has 0 spiro atoms. The van der Waals surface area contributed by atoms with E-state index in [0.717, 1.165) is 21.7 Å². The number of nitrogens with zero attached hydrogens (tertiary/aromatic N) is 2. The Labute approximate surface area is 93.6 Å². The van der Waals surface area contributed by atoms with Gasteiger partial charge in [-0.2, -0.15) is 0 Å². The molecule has 0 bridgehead atoms. The number of nitroso groups, excluding NO2 is 1. The quantitative estimate of drug-likeness (QED) is 0.626. The Kier molecular flexibility index (Phi) is 3.60. The maximum Gasteiger partial charge on any atom is 0.325 e. The van der Waals surface area contributed by atoms with E-state index in [1.165, 1.54) is 0 Å². The number of anilines is 1. The number of carboxylic acids is 1. The number of benzene rings is 1. The van der Waals surface area contributed by atoms with Crippen LogP contribution in [0.1, 0.15) is 16.7 Å². The van der Waals surface area contributed by atoms with Gasteiger partial charge in [-0.15, -0.1) is 4.91 Å². The van der Waals surface area contributed by atoms with Gasteiger partial charge in [0, 0.05) is 0 Å². The van der Waals surface area contributed by atoms with E-state index in [2.05, 4.69) is 5.29 Å². The molecule has 0 saturated heterocycles. The Morgan fingerprint density at radius 1 is 1.31 bits per heavy atom. The van der Waals surface area contributed by atoms with E-state index in [9.17, 15) is 9.70 Å². The topological polar surface area (TPSA) is 70.0 Å². The first-order valence-corrected chi connectivity index (χ1v) is 4.86. The normalized spacial score (nSPS) is 9.94.